The van der Waals surface area contributed by atoms with Crippen LogP contribution in [-0.2, 0) is 6.42 Å². The highest BCUT2D eigenvalue weighted by Gasteiger charge is 2.35. The van der Waals surface area contributed by atoms with E-state index in [1.165, 1.54) is 0 Å². The van der Waals surface area contributed by atoms with Crippen molar-refractivity contribution < 1.29 is 14.3 Å². The molecule has 0 spiro atoms. The molecule has 6 nitrogen and oxygen atoms in total. The number of ether oxygens (including phenoxy) is 2. The molecule has 0 radical (unpaired) electrons. The standard InChI is InChI=1S/C27H23N3O3/c1-17-3-8-21(9-4-17)33-27(31)30-14-13-22-23-15-18(16-28)5-12-24(23)29-25(22)26(30)19-6-10-20(32-2)11-7-19/h3-12,15,26,29H,13-14H2,1-2H3. The number of benzene rings is 3. The van der Waals surface area contributed by atoms with Crippen LogP contribution in [0.1, 0.15) is 34.0 Å². The van der Waals surface area contributed by atoms with Crippen molar-refractivity contribution in [2.75, 3.05) is 13.7 Å². The van der Waals surface area contributed by atoms with Gasteiger partial charge in [0.2, 0.25) is 0 Å². The van der Waals surface area contributed by atoms with Crippen molar-refractivity contribution >= 4 is 17.0 Å². The summed E-state index contributed by atoms with van der Waals surface area (Å²) >= 11 is 0. The highest BCUT2D eigenvalue weighted by atomic mass is 16.6. The first-order chi connectivity index (χ1) is 16.1. The number of methoxy groups -OCH3 is 1. The molecule has 1 unspecified atom stereocenters. The second kappa shape index (κ2) is 8.36. The molecule has 3 aromatic carbocycles. The second-order valence-corrected chi connectivity index (χ2v) is 8.19. The molecule has 1 aliphatic rings. The van der Waals surface area contributed by atoms with Gasteiger partial charge in [-0.15, -0.1) is 0 Å². The van der Waals surface area contributed by atoms with E-state index in [-0.39, 0.29) is 6.04 Å². The average Bonchev–Trinajstić information content (AvgIpc) is 3.22. The molecule has 0 saturated heterocycles. The number of rotatable bonds is 3. The van der Waals surface area contributed by atoms with Gasteiger partial charge in [0.15, 0.2) is 0 Å². The van der Waals surface area contributed by atoms with Crippen LogP contribution in [0, 0.1) is 18.3 Å². The quantitative estimate of drug-likeness (QED) is 0.459. The minimum Gasteiger partial charge on any atom is -0.497 e. The summed E-state index contributed by atoms with van der Waals surface area (Å²) in [6.07, 6.45) is 0.265. The highest BCUT2D eigenvalue weighted by molar-refractivity contribution is 5.87. The number of fused-ring (bicyclic) bond motifs is 3. The summed E-state index contributed by atoms with van der Waals surface area (Å²) in [4.78, 5) is 18.6. The van der Waals surface area contributed by atoms with Crippen molar-refractivity contribution in [2.45, 2.75) is 19.4 Å². The van der Waals surface area contributed by atoms with Gasteiger partial charge in [-0.05, 0) is 66.9 Å². The summed E-state index contributed by atoms with van der Waals surface area (Å²) in [5.41, 5.74) is 5.69. The minimum atomic E-state index is -0.401. The number of aromatic amines is 1. The number of aryl methyl sites for hydroxylation is 1. The molecular formula is C27H23N3O3. The van der Waals surface area contributed by atoms with Gasteiger partial charge in [-0.2, -0.15) is 5.26 Å². The Labute approximate surface area is 192 Å². The molecular weight excluding hydrogens is 414 g/mol. The summed E-state index contributed by atoms with van der Waals surface area (Å²) in [5.74, 6) is 1.26. The number of aromatic nitrogens is 1. The third kappa shape index (κ3) is 3.79. The van der Waals surface area contributed by atoms with E-state index in [2.05, 4.69) is 11.1 Å². The van der Waals surface area contributed by atoms with E-state index in [1.807, 2.05) is 55.5 Å². The Kier molecular flexibility index (Phi) is 5.23. The Morgan fingerprint density at radius 1 is 1.06 bits per heavy atom. The van der Waals surface area contributed by atoms with Gasteiger partial charge in [-0.25, -0.2) is 4.79 Å². The zero-order valence-corrected chi connectivity index (χ0v) is 18.5. The summed E-state index contributed by atoms with van der Waals surface area (Å²) in [7, 11) is 1.63. The van der Waals surface area contributed by atoms with Crippen LogP contribution in [0.3, 0.4) is 0 Å². The van der Waals surface area contributed by atoms with E-state index in [0.717, 1.165) is 39.0 Å². The van der Waals surface area contributed by atoms with Crippen molar-refractivity contribution in [1.29, 1.82) is 5.26 Å². The fraction of sp³-hybridized carbons (Fsp3) is 0.185. The fourth-order valence-electron chi connectivity index (χ4n) is 4.45. The molecule has 1 amide bonds. The van der Waals surface area contributed by atoms with Gasteiger partial charge < -0.3 is 14.5 Å². The topological polar surface area (TPSA) is 78.4 Å². The van der Waals surface area contributed by atoms with Crippen LogP contribution in [0.2, 0.25) is 0 Å². The van der Waals surface area contributed by atoms with Crippen LogP contribution in [0.25, 0.3) is 10.9 Å². The van der Waals surface area contributed by atoms with E-state index in [9.17, 15) is 10.1 Å². The summed E-state index contributed by atoms with van der Waals surface area (Å²) in [5, 5.41) is 10.4. The van der Waals surface area contributed by atoms with E-state index in [4.69, 9.17) is 9.47 Å². The monoisotopic (exact) mass is 437 g/mol. The van der Waals surface area contributed by atoms with E-state index < -0.39 is 6.09 Å². The molecule has 5 rings (SSSR count). The number of nitriles is 1. The Bertz CT molecular complexity index is 1370. The maximum Gasteiger partial charge on any atom is 0.416 e. The number of H-pyrrole nitrogens is 1. The number of amides is 1. The van der Waals surface area contributed by atoms with Gasteiger partial charge in [-0.3, -0.25) is 4.90 Å². The predicted molar refractivity (Wildman–Crippen MR) is 125 cm³/mol. The van der Waals surface area contributed by atoms with Crippen LogP contribution in [0.15, 0.2) is 66.7 Å². The zero-order valence-electron chi connectivity index (χ0n) is 18.5. The lowest BCUT2D eigenvalue weighted by Crippen LogP contribution is -2.42. The normalized spacial score (nSPS) is 15.1. The second-order valence-electron chi connectivity index (χ2n) is 8.19. The number of nitrogens with zero attached hydrogens (tertiary/aromatic N) is 2. The number of carbonyl (C=O) groups is 1. The maximum absolute atomic E-state index is 13.3. The molecule has 1 aliphatic heterocycles. The van der Waals surface area contributed by atoms with Crippen molar-refractivity contribution in [2.24, 2.45) is 0 Å². The first kappa shape index (κ1) is 20.7. The number of hydrogen-bond donors (Lipinski definition) is 1. The molecule has 0 saturated carbocycles. The molecule has 0 aliphatic carbocycles. The zero-order chi connectivity index (χ0) is 22.9. The summed E-state index contributed by atoms with van der Waals surface area (Å²) in [6, 6.07) is 22.7. The third-order valence-corrected chi connectivity index (χ3v) is 6.15. The Morgan fingerprint density at radius 3 is 2.48 bits per heavy atom. The molecule has 6 heteroatoms. The van der Waals surface area contributed by atoms with E-state index in [0.29, 0.717) is 24.3 Å². The summed E-state index contributed by atoms with van der Waals surface area (Å²) < 4.78 is 11.1. The van der Waals surface area contributed by atoms with Crippen LogP contribution in [-0.4, -0.2) is 29.6 Å². The Morgan fingerprint density at radius 2 is 1.79 bits per heavy atom. The van der Waals surface area contributed by atoms with Crippen LogP contribution >= 0.6 is 0 Å². The van der Waals surface area contributed by atoms with Gasteiger partial charge in [0.1, 0.15) is 17.5 Å². The molecule has 33 heavy (non-hydrogen) atoms. The number of carbonyl (C=O) groups excluding carboxylic acids is 1. The van der Waals surface area contributed by atoms with Gasteiger partial charge in [0.05, 0.1) is 18.7 Å². The largest absolute Gasteiger partial charge is 0.497 e. The first-order valence-electron chi connectivity index (χ1n) is 10.8. The molecule has 1 atom stereocenters. The average molecular weight is 437 g/mol. The van der Waals surface area contributed by atoms with Gasteiger partial charge in [-0.1, -0.05) is 29.8 Å². The fourth-order valence-corrected chi connectivity index (χ4v) is 4.45. The lowest BCUT2D eigenvalue weighted by atomic mass is 9.92. The Balaban J connectivity index is 1.58. The van der Waals surface area contributed by atoms with Crippen LogP contribution in [0.4, 0.5) is 4.79 Å². The molecule has 0 bridgehead atoms. The van der Waals surface area contributed by atoms with Gasteiger partial charge in [0, 0.05) is 23.1 Å². The van der Waals surface area contributed by atoms with Crippen molar-refractivity contribution in [3.05, 3.63) is 94.7 Å². The molecule has 164 valence electrons. The van der Waals surface area contributed by atoms with E-state index >= 15 is 0 Å². The van der Waals surface area contributed by atoms with Crippen LogP contribution in [0.5, 0.6) is 11.5 Å². The third-order valence-electron chi connectivity index (χ3n) is 6.15. The van der Waals surface area contributed by atoms with Gasteiger partial charge in [0.25, 0.3) is 0 Å². The maximum atomic E-state index is 13.3. The molecule has 1 aromatic heterocycles. The molecule has 1 N–H and O–H groups in total. The number of nitrogens with one attached hydrogen (secondary N) is 1. The predicted octanol–water partition coefficient (Wildman–Crippen LogP) is 5.50. The molecule has 4 aromatic rings. The SMILES string of the molecule is COc1ccc(C2c3[nH]c4ccc(C#N)cc4c3CCN2C(=O)Oc2ccc(C)cc2)cc1. The summed E-state index contributed by atoms with van der Waals surface area (Å²) in [6.45, 7) is 2.49. The van der Waals surface area contributed by atoms with Gasteiger partial charge >= 0.3 is 6.09 Å². The Hall–Kier alpha value is -4.24. The lowest BCUT2D eigenvalue weighted by molar-refractivity contribution is 0.135. The van der Waals surface area contributed by atoms with E-state index in [1.54, 1.807) is 30.2 Å². The van der Waals surface area contributed by atoms with Crippen molar-refractivity contribution in [3.63, 3.8) is 0 Å². The highest BCUT2D eigenvalue weighted by Crippen LogP contribution is 2.39. The number of hydrogen-bond acceptors (Lipinski definition) is 4. The minimum absolute atomic E-state index is 0.351. The molecule has 2 heterocycles. The molecule has 0 fully saturated rings. The van der Waals surface area contributed by atoms with Crippen molar-refractivity contribution in [3.8, 4) is 17.6 Å². The van der Waals surface area contributed by atoms with Crippen LogP contribution < -0.4 is 9.47 Å². The van der Waals surface area contributed by atoms with Crippen molar-refractivity contribution in [1.82, 2.24) is 9.88 Å². The first-order valence-corrected chi connectivity index (χ1v) is 10.8. The lowest BCUT2D eigenvalue weighted by Gasteiger charge is -2.35. The smallest absolute Gasteiger partial charge is 0.416 e.